The van der Waals surface area contributed by atoms with E-state index in [0.29, 0.717) is 21.7 Å². The number of rotatable bonds is 5. The first-order valence-corrected chi connectivity index (χ1v) is 6.65. The fourth-order valence-corrected chi connectivity index (χ4v) is 2.08. The summed E-state index contributed by atoms with van der Waals surface area (Å²) in [5.41, 5.74) is 1.43. The summed E-state index contributed by atoms with van der Waals surface area (Å²) in [4.78, 5) is 22.2. The maximum absolute atomic E-state index is 13.8. The molecule has 0 amide bonds. The molecule has 0 heterocycles. The van der Waals surface area contributed by atoms with E-state index in [1.807, 2.05) is 0 Å². The van der Waals surface area contributed by atoms with Crippen LogP contribution >= 0.6 is 11.6 Å². The molecule has 0 aromatic heterocycles. The van der Waals surface area contributed by atoms with Crippen LogP contribution in [0.1, 0.15) is 23.2 Å². The molecule has 0 unspecified atom stereocenters. The minimum absolute atomic E-state index is 0.0516. The second kappa shape index (κ2) is 6.50. The zero-order valence-electron chi connectivity index (χ0n) is 11.0. The van der Waals surface area contributed by atoms with E-state index in [2.05, 4.69) is 0 Å². The molecule has 2 aromatic carbocycles. The van der Waals surface area contributed by atoms with Crippen molar-refractivity contribution in [2.75, 3.05) is 0 Å². The minimum Gasteiger partial charge on any atom is -0.481 e. The standard InChI is InChI=1S/C16H12ClFO3/c17-12-5-6-13(14(18)9-12)10-1-3-11(4-2-10)15(19)7-8-16(20)21/h1-6,9H,7-8H2,(H,20,21). The van der Waals surface area contributed by atoms with Gasteiger partial charge in [0, 0.05) is 22.6 Å². The average Bonchev–Trinajstić information content (AvgIpc) is 2.45. The summed E-state index contributed by atoms with van der Waals surface area (Å²) in [5.74, 6) is -1.70. The van der Waals surface area contributed by atoms with Crippen molar-refractivity contribution in [3.05, 3.63) is 58.9 Å². The first-order chi connectivity index (χ1) is 9.97. The van der Waals surface area contributed by atoms with Gasteiger partial charge in [0.05, 0.1) is 6.42 Å². The van der Waals surface area contributed by atoms with E-state index in [4.69, 9.17) is 16.7 Å². The van der Waals surface area contributed by atoms with Crippen LogP contribution in [0.15, 0.2) is 42.5 Å². The Morgan fingerprint density at radius 2 is 1.71 bits per heavy atom. The fourth-order valence-electron chi connectivity index (χ4n) is 1.92. The maximum Gasteiger partial charge on any atom is 0.303 e. The highest BCUT2D eigenvalue weighted by atomic mass is 35.5. The zero-order valence-corrected chi connectivity index (χ0v) is 11.7. The molecule has 0 bridgehead atoms. The fraction of sp³-hybridized carbons (Fsp3) is 0.125. The summed E-state index contributed by atoms with van der Waals surface area (Å²) in [6.07, 6.45) is -0.254. The highest BCUT2D eigenvalue weighted by molar-refractivity contribution is 6.30. The molecule has 3 nitrogen and oxygen atoms in total. The van der Waals surface area contributed by atoms with E-state index in [0.717, 1.165) is 0 Å². The first-order valence-electron chi connectivity index (χ1n) is 6.28. The largest absolute Gasteiger partial charge is 0.481 e. The smallest absolute Gasteiger partial charge is 0.303 e. The average molecular weight is 307 g/mol. The molecule has 108 valence electrons. The predicted molar refractivity (Wildman–Crippen MR) is 78.0 cm³/mol. The van der Waals surface area contributed by atoms with Gasteiger partial charge in [-0.1, -0.05) is 35.9 Å². The first kappa shape index (κ1) is 15.2. The number of ketones is 1. The van der Waals surface area contributed by atoms with Gasteiger partial charge in [-0.3, -0.25) is 9.59 Å². The molecule has 2 rings (SSSR count). The zero-order chi connectivity index (χ0) is 15.4. The maximum atomic E-state index is 13.8. The highest BCUT2D eigenvalue weighted by Crippen LogP contribution is 2.25. The molecule has 0 fully saturated rings. The Hall–Kier alpha value is -2.20. The Morgan fingerprint density at radius 1 is 1.05 bits per heavy atom. The molecule has 21 heavy (non-hydrogen) atoms. The van der Waals surface area contributed by atoms with Crippen molar-refractivity contribution in [3.8, 4) is 11.1 Å². The third-order valence-electron chi connectivity index (χ3n) is 3.01. The van der Waals surface area contributed by atoms with Gasteiger partial charge in [-0.15, -0.1) is 0 Å². The number of benzene rings is 2. The third-order valence-corrected chi connectivity index (χ3v) is 3.25. The molecule has 0 radical (unpaired) electrons. The molecule has 2 aromatic rings. The topological polar surface area (TPSA) is 54.4 Å². The van der Waals surface area contributed by atoms with E-state index >= 15 is 0 Å². The normalized spacial score (nSPS) is 10.4. The van der Waals surface area contributed by atoms with E-state index in [-0.39, 0.29) is 18.6 Å². The number of hydrogen-bond acceptors (Lipinski definition) is 2. The number of hydrogen-bond donors (Lipinski definition) is 1. The van der Waals surface area contributed by atoms with Gasteiger partial charge in [0.1, 0.15) is 5.82 Å². The number of aliphatic carboxylic acids is 1. The third kappa shape index (κ3) is 3.89. The van der Waals surface area contributed by atoms with Gasteiger partial charge in [0.15, 0.2) is 5.78 Å². The summed E-state index contributed by atoms with van der Waals surface area (Å²) in [7, 11) is 0. The SMILES string of the molecule is O=C(O)CCC(=O)c1ccc(-c2ccc(Cl)cc2F)cc1. The summed E-state index contributed by atoms with van der Waals surface area (Å²) in [6, 6.07) is 10.8. The van der Waals surface area contributed by atoms with Gasteiger partial charge in [-0.2, -0.15) is 0 Å². The molecule has 0 aliphatic carbocycles. The van der Waals surface area contributed by atoms with Gasteiger partial charge >= 0.3 is 5.97 Å². The van der Waals surface area contributed by atoms with Crippen molar-refractivity contribution in [1.29, 1.82) is 0 Å². The van der Waals surface area contributed by atoms with Crippen LogP contribution in [-0.4, -0.2) is 16.9 Å². The Morgan fingerprint density at radius 3 is 2.29 bits per heavy atom. The Balaban J connectivity index is 2.18. The Bertz CT molecular complexity index is 680. The number of carbonyl (C=O) groups excluding carboxylic acids is 1. The van der Waals surface area contributed by atoms with Crippen molar-refractivity contribution >= 4 is 23.4 Å². The number of carbonyl (C=O) groups is 2. The van der Waals surface area contributed by atoms with Gasteiger partial charge in [0.2, 0.25) is 0 Å². The van der Waals surface area contributed by atoms with Crippen LogP contribution in [0.25, 0.3) is 11.1 Å². The molecule has 5 heteroatoms. The van der Waals surface area contributed by atoms with Crippen molar-refractivity contribution in [3.63, 3.8) is 0 Å². The molecule has 0 saturated carbocycles. The van der Waals surface area contributed by atoms with Crippen molar-refractivity contribution in [1.82, 2.24) is 0 Å². The predicted octanol–water partition coefficient (Wildman–Crippen LogP) is 4.19. The van der Waals surface area contributed by atoms with Gasteiger partial charge in [-0.05, 0) is 23.8 Å². The molecular formula is C16H12ClFO3. The number of carboxylic acids is 1. The van der Waals surface area contributed by atoms with E-state index in [9.17, 15) is 14.0 Å². The summed E-state index contributed by atoms with van der Waals surface area (Å²) >= 11 is 5.70. The molecule has 0 atom stereocenters. The van der Waals surface area contributed by atoms with E-state index < -0.39 is 11.8 Å². The second-order valence-corrected chi connectivity index (χ2v) is 4.95. The number of Topliss-reactive ketones (excluding diaryl/α,β-unsaturated/α-hetero) is 1. The lowest BCUT2D eigenvalue weighted by atomic mass is 10.0. The van der Waals surface area contributed by atoms with Gasteiger partial charge in [-0.25, -0.2) is 4.39 Å². The van der Waals surface area contributed by atoms with Crippen molar-refractivity contribution < 1.29 is 19.1 Å². The summed E-state index contributed by atoms with van der Waals surface area (Å²) in [6.45, 7) is 0. The van der Waals surface area contributed by atoms with Gasteiger partial charge < -0.3 is 5.11 Å². The van der Waals surface area contributed by atoms with Crippen LogP contribution in [0.3, 0.4) is 0 Å². The van der Waals surface area contributed by atoms with Crippen molar-refractivity contribution in [2.45, 2.75) is 12.8 Å². The Kier molecular flexibility index (Phi) is 4.70. The monoisotopic (exact) mass is 306 g/mol. The molecule has 0 aliphatic heterocycles. The second-order valence-electron chi connectivity index (χ2n) is 4.52. The molecule has 0 spiro atoms. The van der Waals surface area contributed by atoms with Crippen LogP contribution in [0, 0.1) is 5.82 Å². The van der Waals surface area contributed by atoms with Crippen LogP contribution < -0.4 is 0 Å². The lowest BCUT2D eigenvalue weighted by molar-refractivity contribution is -0.136. The Labute approximate surface area is 126 Å². The number of halogens is 2. The summed E-state index contributed by atoms with van der Waals surface area (Å²) < 4.78 is 13.8. The lowest BCUT2D eigenvalue weighted by Crippen LogP contribution is -2.03. The van der Waals surface area contributed by atoms with Crippen LogP contribution in [-0.2, 0) is 4.79 Å². The molecular weight excluding hydrogens is 295 g/mol. The molecule has 1 N–H and O–H groups in total. The highest BCUT2D eigenvalue weighted by Gasteiger charge is 2.10. The van der Waals surface area contributed by atoms with Gasteiger partial charge in [0.25, 0.3) is 0 Å². The van der Waals surface area contributed by atoms with Crippen LogP contribution in [0.5, 0.6) is 0 Å². The molecule has 0 aliphatic rings. The van der Waals surface area contributed by atoms with Crippen molar-refractivity contribution in [2.24, 2.45) is 0 Å². The minimum atomic E-state index is -1.01. The van der Waals surface area contributed by atoms with Crippen LogP contribution in [0.2, 0.25) is 5.02 Å². The van der Waals surface area contributed by atoms with E-state index in [1.165, 1.54) is 6.07 Å². The molecule has 0 saturated heterocycles. The number of carboxylic acid groups (broad SMARTS) is 1. The quantitative estimate of drug-likeness (QED) is 0.843. The lowest BCUT2D eigenvalue weighted by Gasteiger charge is -2.05. The summed E-state index contributed by atoms with van der Waals surface area (Å²) in [5, 5.41) is 8.87. The van der Waals surface area contributed by atoms with Crippen LogP contribution in [0.4, 0.5) is 4.39 Å². The van der Waals surface area contributed by atoms with E-state index in [1.54, 1.807) is 36.4 Å².